The first-order valence-electron chi connectivity index (χ1n) is 9.77. The van der Waals surface area contributed by atoms with Crippen LogP contribution in [-0.4, -0.2) is 27.7 Å². The second-order valence-corrected chi connectivity index (χ2v) is 6.43. The highest BCUT2D eigenvalue weighted by molar-refractivity contribution is 5.85. The topological polar surface area (TPSA) is 101 Å². The van der Waals surface area contributed by atoms with Crippen molar-refractivity contribution in [3.63, 3.8) is 0 Å². The molecular formula is C21H33NO5. The van der Waals surface area contributed by atoms with Crippen LogP contribution in [0.3, 0.4) is 0 Å². The predicted octanol–water partition coefficient (Wildman–Crippen LogP) is 5.59. The summed E-state index contributed by atoms with van der Waals surface area (Å²) in [5.74, 6) is -1.05. The first-order chi connectivity index (χ1) is 13.0. The number of nitro groups is 1. The molecule has 0 heterocycles. The maximum absolute atomic E-state index is 10.3. The summed E-state index contributed by atoms with van der Waals surface area (Å²) < 4.78 is 0. The van der Waals surface area contributed by atoms with Gasteiger partial charge in [-0.3, -0.25) is 10.1 Å². The normalized spacial score (nSPS) is 10.4. The summed E-state index contributed by atoms with van der Waals surface area (Å²) in [6.07, 6.45) is 15.6. The Kier molecular flexibility index (Phi) is 15.8. The van der Waals surface area contributed by atoms with Crippen molar-refractivity contribution in [3.8, 4) is 0 Å². The van der Waals surface area contributed by atoms with Gasteiger partial charge >= 0.3 is 5.97 Å². The molecule has 0 aliphatic heterocycles. The van der Waals surface area contributed by atoms with Gasteiger partial charge in [0.1, 0.15) is 0 Å². The summed E-state index contributed by atoms with van der Waals surface area (Å²) in [5.41, 5.74) is 0.593. The van der Waals surface area contributed by atoms with Crippen LogP contribution in [0.2, 0.25) is 0 Å². The van der Waals surface area contributed by atoms with Crippen LogP contribution in [0, 0.1) is 10.1 Å². The van der Waals surface area contributed by atoms with E-state index in [1.54, 1.807) is 0 Å². The van der Waals surface area contributed by atoms with Crippen molar-refractivity contribution >= 4 is 17.7 Å². The van der Waals surface area contributed by atoms with Gasteiger partial charge in [0, 0.05) is 24.8 Å². The summed E-state index contributed by atoms with van der Waals surface area (Å²) in [6.45, 7) is 2.63. The van der Waals surface area contributed by atoms with Crippen molar-refractivity contribution in [1.82, 2.24) is 0 Å². The van der Waals surface area contributed by atoms with Crippen LogP contribution in [0.15, 0.2) is 30.3 Å². The van der Waals surface area contributed by atoms with Crippen molar-refractivity contribution in [3.05, 3.63) is 46.0 Å². The lowest BCUT2D eigenvalue weighted by atomic mass is 10.1. The average molecular weight is 379 g/mol. The molecule has 0 aliphatic carbocycles. The summed E-state index contributed by atoms with van der Waals surface area (Å²) in [4.78, 5) is 19.9. The van der Waals surface area contributed by atoms with E-state index in [0.717, 1.165) is 12.5 Å². The van der Waals surface area contributed by atoms with E-state index in [-0.39, 0.29) is 5.69 Å². The number of aliphatic carboxylic acids is 1. The largest absolute Gasteiger partial charge is 0.478 e. The van der Waals surface area contributed by atoms with Gasteiger partial charge in [-0.05, 0) is 30.2 Å². The standard InChI is InChI=1S/C12H26O.C9H7NO4/c1-2-3-4-5-6-7-8-9-10-11-12-13;11-9(12)6-3-7-1-4-8(5-2-7)10(13)14/h13H,2-12H2,1H3;1-6H,(H,11,12). The van der Waals surface area contributed by atoms with Gasteiger partial charge in [0.25, 0.3) is 5.69 Å². The number of benzene rings is 1. The zero-order valence-corrected chi connectivity index (χ0v) is 16.3. The Morgan fingerprint density at radius 2 is 1.44 bits per heavy atom. The van der Waals surface area contributed by atoms with Crippen molar-refractivity contribution in [2.24, 2.45) is 0 Å². The molecule has 1 rings (SSSR count). The first kappa shape index (κ1) is 24.8. The minimum Gasteiger partial charge on any atom is -0.478 e. The molecule has 0 aliphatic rings. The Balaban J connectivity index is 0.000000503. The van der Waals surface area contributed by atoms with Crippen LogP contribution >= 0.6 is 0 Å². The average Bonchev–Trinajstić information content (AvgIpc) is 2.66. The third-order valence-electron chi connectivity index (χ3n) is 4.03. The molecule has 0 bridgehead atoms. The molecule has 0 unspecified atom stereocenters. The Morgan fingerprint density at radius 1 is 0.963 bits per heavy atom. The number of rotatable bonds is 13. The zero-order valence-electron chi connectivity index (χ0n) is 16.3. The Morgan fingerprint density at radius 3 is 1.85 bits per heavy atom. The SMILES string of the molecule is CCCCCCCCCCCCO.O=C(O)C=Cc1ccc([N+](=O)[O-])cc1. The highest BCUT2D eigenvalue weighted by Gasteiger charge is 2.02. The molecule has 2 N–H and O–H groups in total. The Labute approximate surface area is 162 Å². The Hall–Kier alpha value is -2.21. The smallest absolute Gasteiger partial charge is 0.328 e. The second-order valence-electron chi connectivity index (χ2n) is 6.43. The zero-order chi connectivity index (χ0) is 20.3. The van der Waals surface area contributed by atoms with Gasteiger partial charge < -0.3 is 10.2 Å². The molecule has 0 atom stereocenters. The van der Waals surface area contributed by atoms with E-state index in [1.807, 2.05) is 0 Å². The maximum atomic E-state index is 10.3. The van der Waals surface area contributed by atoms with Gasteiger partial charge in [-0.25, -0.2) is 4.79 Å². The number of aliphatic hydroxyl groups is 1. The highest BCUT2D eigenvalue weighted by atomic mass is 16.6. The monoisotopic (exact) mass is 379 g/mol. The molecule has 0 amide bonds. The fourth-order valence-corrected chi connectivity index (χ4v) is 2.47. The van der Waals surface area contributed by atoms with Crippen LogP contribution in [0.25, 0.3) is 6.08 Å². The molecule has 0 saturated carbocycles. The fraction of sp³-hybridized carbons (Fsp3) is 0.571. The van der Waals surface area contributed by atoms with Gasteiger partial charge in [0.15, 0.2) is 0 Å². The minimum absolute atomic E-state index is 0.0162. The fourth-order valence-electron chi connectivity index (χ4n) is 2.47. The van der Waals surface area contributed by atoms with Crippen molar-refractivity contribution in [2.75, 3.05) is 6.61 Å². The molecule has 152 valence electrons. The lowest BCUT2D eigenvalue weighted by molar-refractivity contribution is -0.384. The maximum Gasteiger partial charge on any atom is 0.328 e. The highest BCUT2D eigenvalue weighted by Crippen LogP contribution is 2.12. The Bertz CT molecular complexity index is 530. The molecule has 1 aromatic carbocycles. The third-order valence-corrected chi connectivity index (χ3v) is 4.03. The van der Waals surface area contributed by atoms with Gasteiger partial charge in [0.05, 0.1) is 4.92 Å². The van der Waals surface area contributed by atoms with Crippen molar-refractivity contribution in [1.29, 1.82) is 0 Å². The van der Waals surface area contributed by atoms with Crippen LogP contribution in [-0.2, 0) is 4.79 Å². The van der Waals surface area contributed by atoms with Crippen LogP contribution in [0.1, 0.15) is 76.7 Å². The number of hydrogen-bond donors (Lipinski definition) is 2. The summed E-state index contributed by atoms with van der Waals surface area (Å²) in [5, 5.41) is 27.2. The number of carboxylic acids is 1. The van der Waals surface area contributed by atoms with Crippen molar-refractivity contribution < 1.29 is 19.9 Å². The van der Waals surface area contributed by atoms with Crippen molar-refractivity contribution in [2.45, 2.75) is 71.1 Å². The molecule has 0 radical (unpaired) electrons. The lowest BCUT2D eigenvalue weighted by Gasteiger charge is -2.00. The number of carboxylic acid groups (broad SMARTS) is 1. The van der Waals surface area contributed by atoms with Crippen LogP contribution in [0.5, 0.6) is 0 Å². The number of hydrogen-bond acceptors (Lipinski definition) is 4. The molecule has 1 aromatic rings. The summed E-state index contributed by atoms with van der Waals surface area (Å²) in [6, 6.07) is 5.61. The molecule has 0 spiro atoms. The van der Waals surface area contributed by atoms with E-state index in [9.17, 15) is 14.9 Å². The summed E-state index contributed by atoms with van der Waals surface area (Å²) >= 11 is 0. The molecule has 0 fully saturated rings. The molecule has 6 nitrogen and oxygen atoms in total. The van der Waals surface area contributed by atoms with Crippen LogP contribution in [0.4, 0.5) is 5.69 Å². The molecule has 0 saturated heterocycles. The van der Waals surface area contributed by atoms with E-state index in [1.165, 1.54) is 88.1 Å². The second kappa shape index (κ2) is 17.2. The van der Waals surface area contributed by atoms with Crippen LogP contribution < -0.4 is 0 Å². The van der Waals surface area contributed by atoms with Gasteiger partial charge in [-0.2, -0.15) is 0 Å². The first-order valence-corrected chi connectivity index (χ1v) is 9.77. The third kappa shape index (κ3) is 15.7. The van der Waals surface area contributed by atoms with E-state index < -0.39 is 10.9 Å². The molecule has 6 heteroatoms. The quantitative estimate of drug-likeness (QED) is 0.201. The number of carbonyl (C=O) groups is 1. The van der Waals surface area contributed by atoms with E-state index >= 15 is 0 Å². The molecule has 27 heavy (non-hydrogen) atoms. The number of unbranched alkanes of at least 4 members (excludes halogenated alkanes) is 9. The predicted molar refractivity (Wildman–Crippen MR) is 109 cm³/mol. The molecule has 0 aromatic heterocycles. The van der Waals surface area contributed by atoms with E-state index in [2.05, 4.69) is 6.92 Å². The number of non-ortho nitro benzene ring substituents is 1. The lowest BCUT2D eigenvalue weighted by Crippen LogP contribution is -1.88. The van der Waals surface area contributed by atoms with Gasteiger partial charge in [-0.1, -0.05) is 64.7 Å². The number of aliphatic hydroxyl groups excluding tert-OH is 1. The van der Waals surface area contributed by atoms with E-state index in [0.29, 0.717) is 12.2 Å². The van der Waals surface area contributed by atoms with Gasteiger partial charge in [0.2, 0.25) is 0 Å². The molecular weight excluding hydrogens is 346 g/mol. The number of nitro benzene ring substituents is 1. The van der Waals surface area contributed by atoms with E-state index in [4.69, 9.17) is 10.2 Å². The summed E-state index contributed by atoms with van der Waals surface area (Å²) in [7, 11) is 0. The van der Waals surface area contributed by atoms with Gasteiger partial charge in [-0.15, -0.1) is 0 Å². The number of nitrogens with zero attached hydrogens (tertiary/aromatic N) is 1. The minimum atomic E-state index is -1.05.